The van der Waals surface area contributed by atoms with E-state index in [2.05, 4.69) is 193 Å². The minimum Gasteiger partial charge on any atom is -0.456 e. The minimum absolute atomic E-state index is 0.905. The molecule has 0 atom stereocenters. The quantitative estimate of drug-likeness (QED) is 0.178. The van der Waals surface area contributed by atoms with E-state index in [0.717, 1.165) is 44.7 Å². The molecule has 0 aliphatic carbocycles. The van der Waals surface area contributed by atoms with Crippen molar-refractivity contribution in [3.63, 3.8) is 0 Å². The van der Waals surface area contributed by atoms with Crippen LogP contribution >= 0.6 is 11.3 Å². The van der Waals surface area contributed by atoms with Gasteiger partial charge in [0.15, 0.2) is 0 Å². The van der Waals surface area contributed by atoms with Crippen LogP contribution in [0.4, 0.5) is 17.1 Å². The molecule has 0 unspecified atom stereocenters. The zero-order valence-electron chi connectivity index (χ0n) is 28.7. The maximum Gasteiger partial charge on any atom is 0.136 e. The molecule has 11 aromatic rings. The van der Waals surface area contributed by atoms with Crippen LogP contribution in [0.1, 0.15) is 0 Å². The number of thiophene rings is 1. The van der Waals surface area contributed by atoms with E-state index in [1.807, 2.05) is 11.3 Å². The molecule has 0 bridgehead atoms. The largest absolute Gasteiger partial charge is 0.456 e. The van der Waals surface area contributed by atoms with Crippen molar-refractivity contribution in [3.05, 3.63) is 188 Å². The number of rotatable bonds is 5. The van der Waals surface area contributed by atoms with Crippen LogP contribution in [-0.4, -0.2) is 0 Å². The van der Waals surface area contributed by atoms with E-state index in [4.69, 9.17) is 4.42 Å². The second kappa shape index (κ2) is 11.9. The van der Waals surface area contributed by atoms with Gasteiger partial charge in [-0.15, -0.1) is 11.3 Å². The standard InChI is InChI=1S/C50H31NOS/c1-3-17-38-32(11-1)13-8-20-39(38)34-25-27-36(28-26-34)51(44-22-9-14-33-12-2-4-18-40(33)44)37-16-7-15-35(31-37)41-21-10-23-45-48(41)49-46(52-45)30-29-43-42-19-5-6-24-47(42)53-50(43)49/h1-31H. The van der Waals surface area contributed by atoms with Gasteiger partial charge < -0.3 is 9.32 Å². The molecule has 0 fully saturated rings. The van der Waals surface area contributed by atoms with Gasteiger partial charge in [-0.1, -0.05) is 133 Å². The zero-order chi connectivity index (χ0) is 34.9. The molecular formula is C50H31NOS. The molecule has 0 aliphatic heterocycles. The molecule has 11 rings (SSSR count). The smallest absolute Gasteiger partial charge is 0.136 e. The molecule has 53 heavy (non-hydrogen) atoms. The maximum atomic E-state index is 6.55. The van der Waals surface area contributed by atoms with E-state index in [9.17, 15) is 0 Å². The second-order valence-corrected chi connectivity index (χ2v) is 14.7. The molecule has 2 heterocycles. The summed E-state index contributed by atoms with van der Waals surface area (Å²) < 4.78 is 9.12. The van der Waals surface area contributed by atoms with Crippen LogP contribution in [0, 0.1) is 0 Å². The molecule has 0 aliphatic rings. The van der Waals surface area contributed by atoms with Crippen molar-refractivity contribution >= 4 is 92.1 Å². The average molecular weight is 694 g/mol. The molecule has 3 heteroatoms. The maximum absolute atomic E-state index is 6.55. The summed E-state index contributed by atoms with van der Waals surface area (Å²) in [4.78, 5) is 2.40. The predicted octanol–water partition coefficient (Wildman–Crippen LogP) is 15.1. The van der Waals surface area contributed by atoms with Crippen molar-refractivity contribution in [2.24, 2.45) is 0 Å². The normalized spacial score (nSPS) is 11.8. The number of hydrogen-bond donors (Lipinski definition) is 0. The highest BCUT2D eigenvalue weighted by molar-refractivity contribution is 7.26. The third-order valence-corrected chi connectivity index (χ3v) is 11.9. The van der Waals surface area contributed by atoms with Crippen LogP contribution < -0.4 is 4.90 Å². The third kappa shape index (κ3) is 4.78. The van der Waals surface area contributed by atoms with Crippen molar-refractivity contribution < 1.29 is 4.42 Å². The fourth-order valence-electron chi connectivity index (χ4n) is 8.24. The molecule has 248 valence electrons. The zero-order valence-corrected chi connectivity index (χ0v) is 29.5. The van der Waals surface area contributed by atoms with Gasteiger partial charge in [0.25, 0.3) is 0 Å². The lowest BCUT2D eigenvalue weighted by atomic mass is 9.97. The van der Waals surface area contributed by atoms with Crippen molar-refractivity contribution in [1.82, 2.24) is 0 Å². The summed E-state index contributed by atoms with van der Waals surface area (Å²) in [5, 5.41) is 9.84. The van der Waals surface area contributed by atoms with Gasteiger partial charge in [0, 0.05) is 47.7 Å². The highest BCUT2D eigenvalue weighted by Gasteiger charge is 2.20. The monoisotopic (exact) mass is 693 g/mol. The summed E-state index contributed by atoms with van der Waals surface area (Å²) in [6, 6.07) is 67.9. The summed E-state index contributed by atoms with van der Waals surface area (Å²) >= 11 is 1.85. The van der Waals surface area contributed by atoms with Crippen molar-refractivity contribution in [2.75, 3.05) is 4.90 Å². The highest BCUT2D eigenvalue weighted by Crippen LogP contribution is 2.46. The average Bonchev–Trinajstić information content (AvgIpc) is 3.80. The van der Waals surface area contributed by atoms with Gasteiger partial charge in [0.2, 0.25) is 0 Å². The van der Waals surface area contributed by atoms with Crippen LogP contribution in [0.25, 0.3) is 85.9 Å². The number of anilines is 3. The molecule has 2 nitrogen and oxygen atoms in total. The number of benzene rings is 9. The van der Waals surface area contributed by atoms with Crippen LogP contribution in [0.2, 0.25) is 0 Å². The Morgan fingerprint density at radius 2 is 1.06 bits per heavy atom. The fraction of sp³-hybridized carbons (Fsp3) is 0. The van der Waals surface area contributed by atoms with E-state index in [1.165, 1.54) is 58.2 Å². The van der Waals surface area contributed by atoms with Crippen LogP contribution in [-0.2, 0) is 0 Å². The lowest BCUT2D eigenvalue weighted by molar-refractivity contribution is 0.669. The van der Waals surface area contributed by atoms with E-state index in [0.29, 0.717) is 0 Å². The lowest BCUT2D eigenvalue weighted by Gasteiger charge is -2.27. The second-order valence-electron chi connectivity index (χ2n) is 13.7. The number of fused-ring (bicyclic) bond motifs is 9. The van der Waals surface area contributed by atoms with Crippen LogP contribution in [0.15, 0.2) is 192 Å². The molecule has 0 N–H and O–H groups in total. The Bertz CT molecular complexity index is 3180. The van der Waals surface area contributed by atoms with Crippen molar-refractivity contribution in [2.45, 2.75) is 0 Å². The highest BCUT2D eigenvalue weighted by atomic mass is 32.1. The Morgan fingerprint density at radius 3 is 1.92 bits per heavy atom. The van der Waals surface area contributed by atoms with Gasteiger partial charge in [0.05, 0.1) is 5.69 Å². The predicted molar refractivity (Wildman–Crippen MR) is 227 cm³/mol. The summed E-state index contributed by atoms with van der Waals surface area (Å²) in [5.74, 6) is 0. The summed E-state index contributed by atoms with van der Waals surface area (Å²) in [6.07, 6.45) is 0. The molecule has 0 saturated carbocycles. The first-order valence-corrected chi connectivity index (χ1v) is 18.8. The van der Waals surface area contributed by atoms with E-state index in [1.54, 1.807) is 0 Å². The summed E-state index contributed by atoms with van der Waals surface area (Å²) in [6.45, 7) is 0. The Balaban J connectivity index is 1.11. The Hall–Kier alpha value is -6.68. The Morgan fingerprint density at radius 1 is 0.396 bits per heavy atom. The molecular weight excluding hydrogens is 663 g/mol. The number of nitrogens with zero attached hydrogens (tertiary/aromatic N) is 1. The summed E-state index contributed by atoms with van der Waals surface area (Å²) in [5.41, 5.74) is 9.90. The molecule has 0 spiro atoms. The van der Waals surface area contributed by atoms with Crippen LogP contribution in [0.5, 0.6) is 0 Å². The first-order chi connectivity index (χ1) is 26.3. The SMILES string of the molecule is c1cc(-c2cccc3oc4ccc5c6ccccc6sc5c4c23)cc(N(c2ccc(-c3cccc4ccccc34)cc2)c2cccc3ccccc23)c1. The third-order valence-electron chi connectivity index (χ3n) is 10.7. The minimum atomic E-state index is 0.905. The van der Waals surface area contributed by atoms with Crippen molar-refractivity contribution in [3.8, 4) is 22.3 Å². The first kappa shape index (κ1) is 30.0. The van der Waals surface area contributed by atoms with Gasteiger partial charge in [-0.3, -0.25) is 0 Å². The van der Waals surface area contributed by atoms with Gasteiger partial charge >= 0.3 is 0 Å². The topological polar surface area (TPSA) is 16.4 Å². The molecule has 0 saturated heterocycles. The van der Waals surface area contributed by atoms with Crippen LogP contribution in [0.3, 0.4) is 0 Å². The Labute approximate surface area is 310 Å². The number of furan rings is 1. The van der Waals surface area contributed by atoms with E-state index < -0.39 is 0 Å². The molecule has 9 aromatic carbocycles. The molecule has 2 aromatic heterocycles. The van der Waals surface area contributed by atoms with Gasteiger partial charge in [-0.25, -0.2) is 0 Å². The fourth-order valence-corrected chi connectivity index (χ4v) is 9.48. The van der Waals surface area contributed by atoms with E-state index in [-0.39, 0.29) is 0 Å². The Kier molecular flexibility index (Phi) is 6.76. The molecule has 0 amide bonds. The van der Waals surface area contributed by atoms with Gasteiger partial charge in [-0.2, -0.15) is 0 Å². The first-order valence-electron chi connectivity index (χ1n) is 18.0. The van der Waals surface area contributed by atoms with Gasteiger partial charge in [-0.05, 0) is 93.0 Å². The summed E-state index contributed by atoms with van der Waals surface area (Å²) in [7, 11) is 0. The van der Waals surface area contributed by atoms with E-state index >= 15 is 0 Å². The van der Waals surface area contributed by atoms with Gasteiger partial charge in [0.1, 0.15) is 11.2 Å². The molecule has 0 radical (unpaired) electrons. The number of hydrogen-bond acceptors (Lipinski definition) is 3. The van der Waals surface area contributed by atoms with Crippen molar-refractivity contribution in [1.29, 1.82) is 0 Å². The lowest BCUT2D eigenvalue weighted by Crippen LogP contribution is -2.10.